The molecular formula is C62H47N3. The normalized spacial score (nSPS) is 11.4. The molecule has 0 fully saturated rings. The van der Waals surface area contributed by atoms with Gasteiger partial charge in [0, 0.05) is 50.4 Å². The molecule has 0 aliphatic carbocycles. The monoisotopic (exact) mass is 833 g/mol. The molecule has 0 spiro atoms. The summed E-state index contributed by atoms with van der Waals surface area (Å²) in [6, 6.07) is 90.3. The molecule has 0 radical (unpaired) electrons. The molecular weight excluding hydrogens is 787 g/mol. The average molecular weight is 834 g/mol. The van der Waals surface area contributed by atoms with E-state index in [1.807, 2.05) is 30.3 Å². The van der Waals surface area contributed by atoms with Gasteiger partial charge in [-0.25, -0.2) is 0 Å². The average Bonchev–Trinajstić information content (AvgIpc) is 3.38. The van der Waals surface area contributed by atoms with Crippen molar-refractivity contribution in [1.82, 2.24) is 0 Å². The number of anilines is 8. The van der Waals surface area contributed by atoms with Crippen LogP contribution in [0.3, 0.4) is 0 Å². The Labute approximate surface area is 381 Å². The van der Waals surface area contributed by atoms with Crippen molar-refractivity contribution in [3.05, 3.63) is 278 Å². The summed E-state index contributed by atoms with van der Waals surface area (Å²) in [5.41, 5.74) is 14.3. The first-order valence-electron chi connectivity index (χ1n) is 22.0. The Bertz CT molecular complexity index is 3310. The number of hydrogen-bond acceptors (Lipinski definition) is 3. The molecule has 310 valence electrons. The zero-order chi connectivity index (χ0) is 44.0. The Morgan fingerprint density at radius 3 is 1.20 bits per heavy atom. The Balaban J connectivity index is 0.929. The summed E-state index contributed by atoms with van der Waals surface area (Å²) < 4.78 is 0. The van der Waals surface area contributed by atoms with Gasteiger partial charge in [0.2, 0.25) is 0 Å². The van der Waals surface area contributed by atoms with Gasteiger partial charge in [0.1, 0.15) is 0 Å². The molecule has 65 heavy (non-hydrogen) atoms. The highest BCUT2D eigenvalue weighted by molar-refractivity contribution is 5.99. The van der Waals surface area contributed by atoms with Crippen molar-refractivity contribution in [3.8, 4) is 22.3 Å². The summed E-state index contributed by atoms with van der Waals surface area (Å²) in [5, 5.41) is 4.43. The third-order valence-electron chi connectivity index (χ3n) is 11.9. The fourth-order valence-electron chi connectivity index (χ4n) is 8.74. The van der Waals surface area contributed by atoms with Gasteiger partial charge < -0.3 is 14.7 Å². The second kappa shape index (κ2) is 18.4. The highest BCUT2D eigenvalue weighted by atomic mass is 15.2. The van der Waals surface area contributed by atoms with Crippen LogP contribution in [-0.2, 0) is 0 Å². The number of nitrogens with zero attached hydrogens (tertiary/aromatic N) is 3. The maximum atomic E-state index is 4.32. The lowest BCUT2D eigenvalue weighted by atomic mass is 10.0. The molecule has 0 bridgehead atoms. The lowest BCUT2D eigenvalue weighted by Crippen LogP contribution is -2.31. The highest BCUT2D eigenvalue weighted by Crippen LogP contribution is 2.41. The molecule has 0 aliphatic rings. The lowest BCUT2D eigenvalue weighted by molar-refractivity contribution is 1.28. The van der Waals surface area contributed by atoms with Crippen molar-refractivity contribution >= 4 is 68.5 Å². The molecule has 10 aromatic rings. The van der Waals surface area contributed by atoms with Crippen LogP contribution in [0.15, 0.2) is 267 Å². The molecule has 0 aliphatic heterocycles. The standard InChI is InChI=1S/C62H47N3/c1-3-61(59-27-15-13-18-46(59)2)64(53-23-9-5-10-24-53)57-42-34-49(35-43-57)47-30-38-55(39-31-47)63(52-21-7-4-8-22-52)56-40-32-48(33-41-56)50-36-44-58(45-37-50)65(54-25-11-6-12-26-54)62-29-17-20-51-19-14-16-28-60(51)62/h3-45H,1-2H2/b61-59+. The molecule has 10 aromatic carbocycles. The molecule has 0 N–H and O–H groups in total. The first-order valence-corrected chi connectivity index (χ1v) is 22.0. The Morgan fingerprint density at radius 1 is 0.323 bits per heavy atom. The van der Waals surface area contributed by atoms with Gasteiger partial charge >= 0.3 is 0 Å². The van der Waals surface area contributed by atoms with Gasteiger partial charge in [-0.2, -0.15) is 0 Å². The first kappa shape index (κ1) is 40.4. The van der Waals surface area contributed by atoms with Gasteiger partial charge in [-0.3, -0.25) is 0 Å². The first-order chi connectivity index (χ1) is 32.1. The largest absolute Gasteiger partial charge is 0.311 e. The Kier molecular flexibility index (Phi) is 11.4. The molecule has 10 rings (SSSR count). The van der Waals surface area contributed by atoms with E-state index in [9.17, 15) is 0 Å². The van der Waals surface area contributed by atoms with E-state index in [0.717, 1.165) is 83.9 Å². The van der Waals surface area contributed by atoms with Crippen LogP contribution in [0.25, 0.3) is 45.3 Å². The summed E-state index contributed by atoms with van der Waals surface area (Å²) in [4.78, 5) is 6.90. The molecule has 0 amide bonds. The topological polar surface area (TPSA) is 9.72 Å². The fourth-order valence-corrected chi connectivity index (χ4v) is 8.74. The predicted octanol–water partition coefficient (Wildman–Crippen LogP) is 15.7. The molecule has 0 heterocycles. The van der Waals surface area contributed by atoms with E-state index in [2.05, 4.69) is 258 Å². The molecule has 0 unspecified atom stereocenters. The van der Waals surface area contributed by atoms with E-state index in [1.54, 1.807) is 0 Å². The van der Waals surface area contributed by atoms with Gasteiger partial charge in [0.25, 0.3) is 0 Å². The number of hydrogen-bond donors (Lipinski definition) is 0. The van der Waals surface area contributed by atoms with Gasteiger partial charge in [-0.15, -0.1) is 0 Å². The maximum absolute atomic E-state index is 4.32. The smallest absolute Gasteiger partial charge is 0.0540 e. The summed E-state index contributed by atoms with van der Waals surface area (Å²) in [6.45, 7) is 8.54. The van der Waals surface area contributed by atoms with E-state index in [-0.39, 0.29) is 0 Å². The van der Waals surface area contributed by atoms with E-state index in [4.69, 9.17) is 0 Å². The zero-order valence-corrected chi connectivity index (χ0v) is 36.1. The van der Waals surface area contributed by atoms with Crippen LogP contribution < -0.4 is 25.1 Å². The van der Waals surface area contributed by atoms with Crippen LogP contribution in [0.2, 0.25) is 0 Å². The zero-order valence-electron chi connectivity index (χ0n) is 36.1. The highest BCUT2D eigenvalue weighted by Gasteiger charge is 2.18. The van der Waals surface area contributed by atoms with Crippen LogP contribution in [0.1, 0.15) is 0 Å². The van der Waals surface area contributed by atoms with Crippen LogP contribution in [-0.4, -0.2) is 0 Å². The summed E-state index contributed by atoms with van der Waals surface area (Å²) in [5.74, 6) is 0. The molecule has 0 saturated heterocycles. The predicted molar refractivity (Wildman–Crippen MR) is 278 cm³/mol. The minimum Gasteiger partial charge on any atom is -0.311 e. The molecule has 3 heteroatoms. The minimum atomic E-state index is 0.954. The number of para-hydroxylation sites is 3. The quantitative estimate of drug-likeness (QED) is 0.121. The third-order valence-corrected chi connectivity index (χ3v) is 11.9. The van der Waals surface area contributed by atoms with Crippen molar-refractivity contribution in [2.45, 2.75) is 0 Å². The Hall–Kier alpha value is -8.66. The van der Waals surface area contributed by atoms with Crippen molar-refractivity contribution < 1.29 is 0 Å². The SMILES string of the molecule is C=C/C(=c1/ccccc1=C)N(c1ccccc1)c1ccc(-c2ccc(N(c3ccccc3)c3ccc(-c4ccc(N(c5ccccc5)c5cccc6ccccc56)cc4)cc3)cc2)cc1. The number of rotatable bonds is 12. The van der Waals surface area contributed by atoms with Crippen LogP contribution >= 0.6 is 0 Å². The minimum absolute atomic E-state index is 0.954. The van der Waals surface area contributed by atoms with Crippen molar-refractivity contribution in [2.24, 2.45) is 0 Å². The van der Waals surface area contributed by atoms with E-state index < -0.39 is 0 Å². The van der Waals surface area contributed by atoms with Crippen molar-refractivity contribution in [3.63, 3.8) is 0 Å². The van der Waals surface area contributed by atoms with E-state index in [1.165, 1.54) is 10.8 Å². The van der Waals surface area contributed by atoms with Gasteiger partial charge in [0.15, 0.2) is 0 Å². The van der Waals surface area contributed by atoms with Crippen LogP contribution in [0.4, 0.5) is 45.5 Å². The van der Waals surface area contributed by atoms with Gasteiger partial charge in [-0.1, -0.05) is 177 Å². The Morgan fingerprint density at radius 2 is 0.692 bits per heavy atom. The maximum Gasteiger partial charge on any atom is 0.0540 e. The lowest BCUT2D eigenvalue weighted by Gasteiger charge is -2.27. The number of benzene rings is 10. The summed E-state index contributed by atoms with van der Waals surface area (Å²) in [6.07, 6.45) is 1.92. The van der Waals surface area contributed by atoms with E-state index in [0.29, 0.717) is 0 Å². The number of fused-ring (bicyclic) bond motifs is 1. The van der Waals surface area contributed by atoms with E-state index >= 15 is 0 Å². The van der Waals surface area contributed by atoms with Crippen molar-refractivity contribution in [2.75, 3.05) is 14.7 Å². The fraction of sp³-hybridized carbons (Fsp3) is 0. The molecule has 0 atom stereocenters. The molecule has 3 nitrogen and oxygen atoms in total. The summed E-state index contributed by atoms with van der Waals surface area (Å²) in [7, 11) is 0. The van der Waals surface area contributed by atoms with Crippen LogP contribution in [0, 0.1) is 0 Å². The van der Waals surface area contributed by atoms with Gasteiger partial charge in [0.05, 0.1) is 11.4 Å². The second-order valence-corrected chi connectivity index (χ2v) is 15.9. The van der Waals surface area contributed by atoms with Gasteiger partial charge in [-0.05, 0) is 130 Å². The second-order valence-electron chi connectivity index (χ2n) is 15.9. The van der Waals surface area contributed by atoms with Crippen LogP contribution in [0.5, 0.6) is 0 Å². The summed E-state index contributed by atoms with van der Waals surface area (Å²) >= 11 is 0. The molecule has 0 aromatic heterocycles. The molecule has 0 saturated carbocycles. The third kappa shape index (κ3) is 8.35. The van der Waals surface area contributed by atoms with Crippen molar-refractivity contribution in [1.29, 1.82) is 0 Å².